The molecule has 0 N–H and O–H groups in total. The van der Waals surface area contributed by atoms with Crippen molar-refractivity contribution in [2.45, 2.75) is 0 Å². The Labute approximate surface area is 133 Å². The first-order valence-corrected chi connectivity index (χ1v) is 7.24. The number of aromatic nitrogens is 4. The van der Waals surface area contributed by atoms with Crippen molar-refractivity contribution in [1.29, 1.82) is 0 Å². The Balaban J connectivity index is 1.92. The molecule has 2 aromatic carbocycles. The minimum atomic E-state index is 0.777. The molecule has 5 heteroatoms. The molecule has 0 spiro atoms. The van der Waals surface area contributed by atoms with Crippen LogP contribution in [0.1, 0.15) is 0 Å². The third-order valence-corrected chi connectivity index (χ3v) is 3.83. The Morgan fingerprint density at radius 1 is 0.957 bits per heavy atom. The summed E-state index contributed by atoms with van der Waals surface area (Å²) in [5.74, 6) is 0.777. The number of nitrogens with zero attached hydrogens (tertiary/aromatic N) is 4. The lowest BCUT2D eigenvalue weighted by molar-refractivity contribution is 0.419. The fraction of sp³-hybridized carbons (Fsp3) is 0.0556. The fourth-order valence-electron chi connectivity index (χ4n) is 2.73. The molecule has 0 bridgehead atoms. The van der Waals surface area contributed by atoms with Crippen LogP contribution in [0, 0.1) is 0 Å². The number of methoxy groups -OCH3 is 1. The highest BCUT2D eigenvalue weighted by Crippen LogP contribution is 2.33. The third-order valence-electron chi connectivity index (χ3n) is 3.83. The van der Waals surface area contributed by atoms with Gasteiger partial charge in [-0.3, -0.25) is 9.55 Å². The summed E-state index contributed by atoms with van der Waals surface area (Å²) in [6, 6.07) is 16.3. The van der Waals surface area contributed by atoms with E-state index in [1.54, 1.807) is 26.0 Å². The smallest absolute Gasteiger partial charge is 0.145 e. The van der Waals surface area contributed by atoms with E-state index in [0.717, 1.165) is 33.5 Å². The van der Waals surface area contributed by atoms with Crippen LogP contribution < -0.4 is 4.74 Å². The zero-order chi connectivity index (χ0) is 15.6. The average Bonchev–Trinajstić information content (AvgIpc) is 3.15. The van der Waals surface area contributed by atoms with Crippen LogP contribution >= 0.6 is 0 Å². The van der Waals surface area contributed by atoms with E-state index in [-0.39, 0.29) is 0 Å². The summed E-state index contributed by atoms with van der Waals surface area (Å²) in [4.78, 5) is 4.46. The molecule has 0 aliphatic rings. The van der Waals surface area contributed by atoms with Gasteiger partial charge in [-0.2, -0.15) is 0 Å². The Kier molecular flexibility index (Phi) is 3.24. The van der Waals surface area contributed by atoms with E-state index in [2.05, 4.69) is 39.4 Å². The number of pyridine rings is 1. The first-order valence-electron chi connectivity index (χ1n) is 7.24. The van der Waals surface area contributed by atoms with Gasteiger partial charge in [0.2, 0.25) is 0 Å². The SMILES string of the molecule is COc1ccc(-c2cccc(-n3cnnc3)c2)c2cccnc12. The van der Waals surface area contributed by atoms with Crippen LogP contribution in [0.3, 0.4) is 0 Å². The molecule has 2 aromatic heterocycles. The molecule has 0 aliphatic carbocycles. The van der Waals surface area contributed by atoms with Crippen molar-refractivity contribution < 1.29 is 4.74 Å². The van der Waals surface area contributed by atoms with Crippen molar-refractivity contribution in [3.8, 4) is 22.6 Å². The molecule has 0 radical (unpaired) electrons. The van der Waals surface area contributed by atoms with Crippen LogP contribution in [-0.2, 0) is 0 Å². The van der Waals surface area contributed by atoms with E-state index in [1.807, 2.05) is 28.8 Å². The summed E-state index contributed by atoms with van der Waals surface area (Å²) < 4.78 is 7.30. The van der Waals surface area contributed by atoms with Gasteiger partial charge in [-0.1, -0.05) is 18.2 Å². The highest BCUT2D eigenvalue weighted by atomic mass is 16.5. The highest BCUT2D eigenvalue weighted by Gasteiger charge is 2.09. The molecule has 23 heavy (non-hydrogen) atoms. The molecular weight excluding hydrogens is 288 g/mol. The lowest BCUT2D eigenvalue weighted by atomic mass is 9.99. The number of rotatable bonds is 3. The summed E-state index contributed by atoms with van der Waals surface area (Å²) >= 11 is 0. The largest absolute Gasteiger partial charge is 0.494 e. The van der Waals surface area contributed by atoms with Crippen LogP contribution in [0.5, 0.6) is 5.75 Å². The Morgan fingerprint density at radius 2 is 1.83 bits per heavy atom. The van der Waals surface area contributed by atoms with Crippen molar-refractivity contribution >= 4 is 10.9 Å². The van der Waals surface area contributed by atoms with Crippen molar-refractivity contribution in [2.75, 3.05) is 7.11 Å². The van der Waals surface area contributed by atoms with E-state index in [4.69, 9.17) is 4.74 Å². The minimum absolute atomic E-state index is 0.777. The van der Waals surface area contributed by atoms with Crippen LogP contribution in [-0.4, -0.2) is 26.9 Å². The zero-order valence-corrected chi connectivity index (χ0v) is 12.5. The quantitative estimate of drug-likeness (QED) is 0.581. The average molecular weight is 302 g/mol. The maximum atomic E-state index is 5.42. The molecule has 0 aliphatic heterocycles. The lowest BCUT2D eigenvalue weighted by Crippen LogP contribution is -1.92. The van der Waals surface area contributed by atoms with Gasteiger partial charge in [0.1, 0.15) is 23.9 Å². The molecule has 0 fully saturated rings. The second-order valence-corrected chi connectivity index (χ2v) is 5.13. The Hall–Kier alpha value is -3.21. The number of hydrogen-bond donors (Lipinski definition) is 0. The van der Waals surface area contributed by atoms with Gasteiger partial charge in [0.25, 0.3) is 0 Å². The predicted molar refractivity (Wildman–Crippen MR) is 88.6 cm³/mol. The molecule has 0 saturated heterocycles. The molecule has 4 aromatic rings. The van der Waals surface area contributed by atoms with Crippen molar-refractivity contribution in [1.82, 2.24) is 19.7 Å². The van der Waals surface area contributed by atoms with E-state index >= 15 is 0 Å². The maximum absolute atomic E-state index is 5.42. The maximum Gasteiger partial charge on any atom is 0.145 e. The van der Waals surface area contributed by atoms with E-state index in [1.165, 1.54) is 0 Å². The second-order valence-electron chi connectivity index (χ2n) is 5.13. The number of fused-ring (bicyclic) bond motifs is 1. The first kappa shape index (κ1) is 13.5. The monoisotopic (exact) mass is 302 g/mol. The lowest BCUT2D eigenvalue weighted by Gasteiger charge is -2.11. The van der Waals surface area contributed by atoms with Gasteiger partial charge in [-0.15, -0.1) is 10.2 Å². The van der Waals surface area contributed by atoms with Gasteiger partial charge in [0.05, 0.1) is 7.11 Å². The van der Waals surface area contributed by atoms with Gasteiger partial charge in [-0.25, -0.2) is 0 Å². The number of benzene rings is 2. The molecule has 0 saturated carbocycles. The first-order chi connectivity index (χ1) is 11.4. The van der Waals surface area contributed by atoms with Crippen LogP contribution in [0.15, 0.2) is 67.4 Å². The van der Waals surface area contributed by atoms with Crippen LogP contribution in [0.4, 0.5) is 0 Å². The van der Waals surface area contributed by atoms with Crippen molar-refractivity contribution in [2.24, 2.45) is 0 Å². The molecule has 2 heterocycles. The predicted octanol–water partition coefficient (Wildman–Crippen LogP) is 3.49. The van der Waals surface area contributed by atoms with Crippen LogP contribution in [0.25, 0.3) is 27.7 Å². The molecule has 0 atom stereocenters. The van der Waals surface area contributed by atoms with Gasteiger partial charge in [-0.05, 0) is 41.5 Å². The number of hydrogen-bond acceptors (Lipinski definition) is 4. The van der Waals surface area contributed by atoms with Gasteiger partial charge in [0.15, 0.2) is 0 Å². The van der Waals surface area contributed by atoms with Gasteiger partial charge >= 0.3 is 0 Å². The molecule has 0 amide bonds. The molecule has 112 valence electrons. The summed E-state index contributed by atoms with van der Waals surface area (Å²) in [5.41, 5.74) is 4.10. The standard InChI is InChI=1S/C18H14N4O/c1-23-17-8-7-15(16-6-3-9-19-18(16)17)13-4-2-5-14(10-13)22-11-20-21-12-22/h2-12H,1H3. The normalized spacial score (nSPS) is 10.8. The van der Waals surface area contributed by atoms with Crippen molar-refractivity contribution in [3.05, 3.63) is 67.4 Å². The highest BCUT2D eigenvalue weighted by molar-refractivity contribution is 5.98. The van der Waals surface area contributed by atoms with Gasteiger partial charge < -0.3 is 4.74 Å². The number of ether oxygens (including phenoxy) is 1. The van der Waals surface area contributed by atoms with Crippen LogP contribution in [0.2, 0.25) is 0 Å². The van der Waals surface area contributed by atoms with Crippen molar-refractivity contribution in [3.63, 3.8) is 0 Å². The summed E-state index contributed by atoms with van der Waals surface area (Å²) in [5, 5.41) is 8.78. The topological polar surface area (TPSA) is 52.8 Å². The molecule has 0 unspecified atom stereocenters. The van der Waals surface area contributed by atoms with E-state index < -0.39 is 0 Å². The Morgan fingerprint density at radius 3 is 2.65 bits per heavy atom. The summed E-state index contributed by atoms with van der Waals surface area (Å²) in [6.07, 6.45) is 5.15. The summed E-state index contributed by atoms with van der Waals surface area (Å²) in [6.45, 7) is 0. The fourth-order valence-corrected chi connectivity index (χ4v) is 2.73. The third kappa shape index (κ3) is 2.32. The summed E-state index contributed by atoms with van der Waals surface area (Å²) in [7, 11) is 1.66. The zero-order valence-electron chi connectivity index (χ0n) is 12.5. The van der Waals surface area contributed by atoms with E-state index in [0.29, 0.717) is 0 Å². The van der Waals surface area contributed by atoms with Gasteiger partial charge in [0, 0.05) is 17.3 Å². The minimum Gasteiger partial charge on any atom is -0.494 e. The second kappa shape index (κ2) is 5.53. The molecule has 4 rings (SSSR count). The Bertz CT molecular complexity index is 964. The molecule has 5 nitrogen and oxygen atoms in total. The molecular formula is C18H14N4O. The van der Waals surface area contributed by atoms with E-state index in [9.17, 15) is 0 Å².